The second-order valence-electron chi connectivity index (χ2n) is 4.00. The Kier molecular flexibility index (Phi) is 3.04. The molecule has 0 amide bonds. The van der Waals surface area contributed by atoms with Crippen molar-refractivity contribution in [3.8, 4) is 11.3 Å². The van der Waals surface area contributed by atoms with Crippen LogP contribution in [-0.4, -0.2) is 30.5 Å². The highest BCUT2D eigenvalue weighted by Gasteiger charge is 2.12. The third-order valence-corrected chi connectivity index (χ3v) is 3.78. The highest BCUT2D eigenvalue weighted by atomic mass is 32.2. The van der Waals surface area contributed by atoms with Gasteiger partial charge in [-0.3, -0.25) is 4.79 Å². The second-order valence-corrected chi connectivity index (χ2v) is 6.02. The highest BCUT2D eigenvalue weighted by Crippen LogP contribution is 2.22. The lowest BCUT2D eigenvalue weighted by atomic mass is 10.1. The quantitative estimate of drug-likeness (QED) is 0.784. The Labute approximate surface area is 105 Å². The number of hydrogen-bond acceptors (Lipinski definition) is 4. The van der Waals surface area contributed by atoms with Crippen LogP contribution in [0.2, 0.25) is 0 Å². The van der Waals surface area contributed by atoms with Crippen molar-refractivity contribution in [3.63, 3.8) is 0 Å². The summed E-state index contributed by atoms with van der Waals surface area (Å²) in [5.74, 6) is 0. The van der Waals surface area contributed by atoms with E-state index in [-0.39, 0.29) is 4.90 Å². The van der Waals surface area contributed by atoms with Gasteiger partial charge in [-0.05, 0) is 12.1 Å². The molecule has 18 heavy (non-hydrogen) atoms. The van der Waals surface area contributed by atoms with E-state index in [1.807, 2.05) is 0 Å². The van der Waals surface area contributed by atoms with Crippen LogP contribution in [0.1, 0.15) is 10.5 Å². The molecule has 1 heterocycles. The molecule has 1 aromatic carbocycles. The number of sulfone groups is 1. The number of carbonyl (C=O) groups is 1. The molecule has 0 radical (unpaired) electrons. The summed E-state index contributed by atoms with van der Waals surface area (Å²) in [6, 6.07) is 6.30. The van der Waals surface area contributed by atoms with Crippen LogP contribution in [-0.2, 0) is 16.9 Å². The van der Waals surface area contributed by atoms with E-state index in [1.54, 1.807) is 30.1 Å². The highest BCUT2D eigenvalue weighted by molar-refractivity contribution is 7.90. The van der Waals surface area contributed by atoms with Crippen LogP contribution >= 0.6 is 0 Å². The number of aryl methyl sites for hydroxylation is 1. The Hall–Kier alpha value is -1.95. The normalized spacial score (nSPS) is 11.4. The van der Waals surface area contributed by atoms with Crippen molar-refractivity contribution in [1.82, 2.24) is 9.55 Å². The maximum absolute atomic E-state index is 11.3. The van der Waals surface area contributed by atoms with Gasteiger partial charge in [-0.2, -0.15) is 0 Å². The molecule has 0 N–H and O–H groups in total. The maximum atomic E-state index is 11.3. The topological polar surface area (TPSA) is 69.0 Å². The Balaban J connectivity index is 2.50. The molecule has 94 valence electrons. The summed E-state index contributed by atoms with van der Waals surface area (Å²) in [5.41, 5.74) is 1.72. The first-order valence-electron chi connectivity index (χ1n) is 5.20. The van der Waals surface area contributed by atoms with Crippen LogP contribution in [0.3, 0.4) is 0 Å². The van der Waals surface area contributed by atoms with E-state index in [4.69, 9.17) is 0 Å². The van der Waals surface area contributed by atoms with Crippen LogP contribution in [0.4, 0.5) is 0 Å². The van der Waals surface area contributed by atoms with E-state index in [1.165, 1.54) is 12.1 Å². The van der Waals surface area contributed by atoms with Crippen molar-refractivity contribution < 1.29 is 13.2 Å². The molecule has 0 atom stereocenters. The molecule has 5 nitrogen and oxygen atoms in total. The van der Waals surface area contributed by atoms with E-state index in [9.17, 15) is 13.2 Å². The number of aldehydes is 1. The Morgan fingerprint density at radius 1 is 1.22 bits per heavy atom. The molecular weight excluding hydrogens is 252 g/mol. The summed E-state index contributed by atoms with van der Waals surface area (Å²) >= 11 is 0. The lowest BCUT2D eigenvalue weighted by Gasteiger charge is -2.02. The number of rotatable bonds is 3. The Morgan fingerprint density at radius 3 is 2.33 bits per heavy atom. The predicted molar refractivity (Wildman–Crippen MR) is 67.1 cm³/mol. The summed E-state index contributed by atoms with van der Waals surface area (Å²) in [5, 5.41) is 0. The average molecular weight is 264 g/mol. The zero-order valence-electron chi connectivity index (χ0n) is 9.99. The molecule has 0 aliphatic rings. The predicted octanol–water partition coefficient (Wildman–Crippen LogP) is 1.30. The lowest BCUT2D eigenvalue weighted by Crippen LogP contribution is -1.97. The van der Waals surface area contributed by atoms with Gasteiger partial charge in [0.05, 0.1) is 16.9 Å². The van der Waals surface area contributed by atoms with Crippen molar-refractivity contribution in [2.45, 2.75) is 4.90 Å². The fraction of sp³-hybridized carbons (Fsp3) is 0.167. The van der Waals surface area contributed by atoms with E-state index in [2.05, 4.69) is 4.98 Å². The van der Waals surface area contributed by atoms with Gasteiger partial charge in [0.15, 0.2) is 16.1 Å². The minimum atomic E-state index is -3.21. The van der Waals surface area contributed by atoms with Gasteiger partial charge in [0, 0.05) is 18.9 Å². The molecule has 6 heteroatoms. The van der Waals surface area contributed by atoms with Gasteiger partial charge in [0.1, 0.15) is 5.69 Å². The molecule has 0 aliphatic carbocycles. The number of carbonyl (C=O) groups excluding carboxylic acids is 1. The van der Waals surface area contributed by atoms with Gasteiger partial charge < -0.3 is 4.57 Å². The van der Waals surface area contributed by atoms with Gasteiger partial charge in [0.2, 0.25) is 0 Å². The van der Waals surface area contributed by atoms with Crippen molar-refractivity contribution in [1.29, 1.82) is 0 Å². The summed E-state index contributed by atoms with van der Waals surface area (Å²) in [6.45, 7) is 0. The van der Waals surface area contributed by atoms with Crippen molar-refractivity contribution in [2.24, 2.45) is 7.05 Å². The number of imidazole rings is 1. The Bertz CT molecular complexity index is 685. The number of aromatic nitrogens is 2. The first-order valence-corrected chi connectivity index (χ1v) is 7.09. The van der Waals surface area contributed by atoms with E-state index in [0.29, 0.717) is 17.0 Å². The molecule has 0 fully saturated rings. The summed E-state index contributed by atoms with van der Waals surface area (Å²) in [4.78, 5) is 15.3. The van der Waals surface area contributed by atoms with Crippen molar-refractivity contribution >= 4 is 16.1 Å². The summed E-state index contributed by atoms with van der Waals surface area (Å²) in [6.07, 6.45) is 3.43. The zero-order valence-corrected chi connectivity index (χ0v) is 10.8. The molecule has 2 rings (SSSR count). The molecule has 2 aromatic rings. The minimum absolute atomic E-state index is 0.245. The van der Waals surface area contributed by atoms with Gasteiger partial charge in [0.25, 0.3) is 0 Å². The van der Waals surface area contributed by atoms with Crippen LogP contribution < -0.4 is 0 Å². The zero-order chi connectivity index (χ0) is 13.3. The molecular formula is C12H12N2O3S. The van der Waals surface area contributed by atoms with Crippen molar-refractivity contribution in [3.05, 3.63) is 36.3 Å². The average Bonchev–Trinajstić information content (AvgIpc) is 2.69. The van der Waals surface area contributed by atoms with E-state index in [0.717, 1.165) is 12.5 Å². The molecule has 1 aromatic heterocycles. The smallest absolute Gasteiger partial charge is 0.175 e. The molecule has 0 aliphatic heterocycles. The maximum Gasteiger partial charge on any atom is 0.175 e. The summed E-state index contributed by atoms with van der Waals surface area (Å²) < 4.78 is 24.3. The van der Waals surface area contributed by atoms with Crippen LogP contribution in [0.5, 0.6) is 0 Å². The molecule has 0 saturated heterocycles. The van der Waals surface area contributed by atoms with Crippen LogP contribution in [0.25, 0.3) is 11.3 Å². The fourth-order valence-electron chi connectivity index (χ4n) is 1.66. The third-order valence-electron chi connectivity index (χ3n) is 2.65. The van der Waals surface area contributed by atoms with Gasteiger partial charge in [-0.1, -0.05) is 12.1 Å². The van der Waals surface area contributed by atoms with Crippen LogP contribution in [0, 0.1) is 0 Å². The van der Waals surface area contributed by atoms with Crippen LogP contribution in [0.15, 0.2) is 35.5 Å². The molecule has 0 unspecified atom stereocenters. The van der Waals surface area contributed by atoms with Gasteiger partial charge in [-0.15, -0.1) is 0 Å². The molecule has 0 bridgehead atoms. The lowest BCUT2D eigenvalue weighted by molar-refractivity contribution is 0.111. The molecule has 0 saturated carbocycles. The number of nitrogens with zero attached hydrogens (tertiary/aromatic N) is 2. The molecule has 0 spiro atoms. The summed E-state index contributed by atoms with van der Waals surface area (Å²) in [7, 11) is -1.48. The van der Waals surface area contributed by atoms with Gasteiger partial charge in [-0.25, -0.2) is 13.4 Å². The largest absolute Gasteiger partial charge is 0.331 e. The first-order chi connectivity index (χ1) is 8.43. The number of hydrogen-bond donors (Lipinski definition) is 0. The van der Waals surface area contributed by atoms with Gasteiger partial charge >= 0.3 is 0 Å². The SMILES string of the molecule is Cn1cnc(-c2ccc(S(C)(=O)=O)cc2)c1C=O. The van der Waals surface area contributed by atoms with Crippen molar-refractivity contribution in [2.75, 3.05) is 6.26 Å². The number of benzene rings is 1. The second kappa shape index (κ2) is 4.38. The standard InChI is InChI=1S/C12H12N2O3S/c1-14-8-13-12(11(14)7-15)9-3-5-10(6-4-9)18(2,16)17/h3-8H,1-2H3. The van der Waals surface area contributed by atoms with E-state index >= 15 is 0 Å². The fourth-order valence-corrected chi connectivity index (χ4v) is 2.29. The van der Waals surface area contributed by atoms with E-state index < -0.39 is 9.84 Å². The first kappa shape index (κ1) is 12.5. The third kappa shape index (κ3) is 2.19. The Morgan fingerprint density at radius 2 is 1.83 bits per heavy atom. The minimum Gasteiger partial charge on any atom is -0.331 e. The monoisotopic (exact) mass is 264 g/mol.